The van der Waals surface area contributed by atoms with Crippen LogP contribution in [0.25, 0.3) is 11.4 Å². The van der Waals surface area contributed by atoms with Crippen molar-refractivity contribution in [1.82, 2.24) is 14.8 Å². The average Bonchev–Trinajstić information content (AvgIpc) is 3.24. The quantitative estimate of drug-likeness (QED) is 0.491. The fourth-order valence-electron chi connectivity index (χ4n) is 6.24. The Morgan fingerprint density at radius 1 is 1.29 bits per heavy atom. The molecule has 5 nitrogen and oxygen atoms in total. The summed E-state index contributed by atoms with van der Waals surface area (Å²) in [5.74, 6) is 4.90. The van der Waals surface area contributed by atoms with Crippen molar-refractivity contribution >= 4 is 17.5 Å². The first-order valence-corrected chi connectivity index (χ1v) is 11.3. The summed E-state index contributed by atoms with van der Waals surface area (Å²) in [6, 6.07) is 1.91. The van der Waals surface area contributed by atoms with Gasteiger partial charge in [-0.25, -0.2) is 0 Å². The molecule has 2 aromatic rings. The molecule has 0 spiro atoms. The van der Waals surface area contributed by atoms with Crippen LogP contribution in [-0.4, -0.2) is 26.3 Å². The van der Waals surface area contributed by atoms with Crippen LogP contribution in [0.2, 0.25) is 0 Å². The molecule has 0 aromatic carbocycles. The smallest absolute Gasteiger partial charge is 0.192 e. The highest BCUT2D eigenvalue weighted by molar-refractivity contribution is 7.99. The minimum atomic E-state index is -0.0466. The molecule has 4 fully saturated rings. The molecule has 2 heterocycles. The number of thioether (sulfide) groups is 1. The van der Waals surface area contributed by atoms with Gasteiger partial charge < -0.3 is 4.42 Å². The van der Waals surface area contributed by atoms with E-state index >= 15 is 0 Å². The fourth-order valence-corrected chi connectivity index (χ4v) is 7.22. The third-order valence-electron chi connectivity index (χ3n) is 7.09. The van der Waals surface area contributed by atoms with Crippen LogP contribution in [0.5, 0.6) is 0 Å². The number of Topliss-reactive ketones (excluding diaryl/α,β-unsaturated/α-hetero) is 1. The number of hydrogen-bond donors (Lipinski definition) is 0. The highest BCUT2D eigenvalue weighted by Gasteiger charge is 2.54. The minimum absolute atomic E-state index is 0.0466. The SMILES string of the molecule is C=CCn1c(SCC(=O)C23CC4CC(CC(C4)C2)C3)nnc1-c1ccoc1C. The molecule has 0 N–H and O–H groups in total. The van der Waals surface area contributed by atoms with Crippen molar-refractivity contribution < 1.29 is 9.21 Å². The molecular weight excluding hydrogens is 370 g/mol. The number of aryl methyl sites for hydroxylation is 1. The first-order chi connectivity index (χ1) is 13.6. The highest BCUT2D eigenvalue weighted by atomic mass is 32.2. The Morgan fingerprint density at radius 3 is 2.54 bits per heavy atom. The number of allylic oxidation sites excluding steroid dienone is 1. The average molecular weight is 398 g/mol. The van der Waals surface area contributed by atoms with Gasteiger partial charge in [0.05, 0.1) is 17.6 Å². The number of carbonyl (C=O) groups excluding carboxylic acids is 1. The van der Waals surface area contributed by atoms with Crippen LogP contribution in [0.1, 0.15) is 44.3 Å². The van der Waals surface area contributed by atoms with E-state index in [-0.39, 0.29) is 5.41 Å². The zero-order chi connectivity index (χ0) is 19.3. The van der Waals surface area contributed by atoms with E-state index in [0.29, 0.717) is 18.1 Å². The van der Waals surface area contributed by atoms with Crippen molar-refractivity contribution in [3.63, 3.8) is 0 Å². The van der Waals surface area contributed by atoms with Crippen LogP contribution in [-0.2, 0) is 11.3 Å². The summed E-state index contributed by atoms with van der Waals surface area (Å²) in [6.45, 7) is 6.40. The van der Waals surface area contributed by atoms with Gasteiger partial charge in [0.1, 0.15) is 11.5 Å². The maximum atomic E-state index is 13.3. The van der Waals surface area contributed by atoms with E-state index in [1.807, 2.05) is 23.6 Å². The van der Waals surface area contributed by atoms with Crippen molar-refractivity contribution in [2.24, 2.45) is 23.2 Å². The number of carbonyl (C=O) groups is 1. The molecule has 0 saturated heterocycles. The summed E-state index contributed by atoms with van der Waals surface area (Å²) in [7, 11) is 0. The summed E-state index contributed by atoms with van der Waals surface area (Å²) < 4.78 is 7.46. The normalized spacial score (nSPS) is 30.7. The van der Waals surface area contributed by atoms with E-state index in [2.05, 4.69) is 16.8 Å². The lowest BCUT2D eigenvalue weighted by Crippen LogP contribution is -2.50. The van der Waals surface area contributed by atoms with Crippen LogP contribution >= 0.6 is 11.8 Å². The van der Waals surface area contributed by atoms with Crippen LogP contribution in [0.3, 0.4) is 0 Å². The fraction of sp³-hybridized carbons (Fsp3) is 0.591. The standard InChI is InChI=1S/C22H27N3O2S/c1-3-5-25-20(18-4-6-27-14(18)2)23-24-21(25)28-13-19(26)22-10-15-7-16(11-22)9-17(8-15)12-22/h3-4,6,15-17H,1,5,7-13H2,2H3. The van der Waals surface area contributed by atoms with Gasteiger partial charge in [-0.1, -0.05) is 17.8 Å². The third kappa shape index (κ3) is 2.97. The van der Waals surface area contributed by atoms with Crippen molar-refractivity contribution in [1.29, 1.82) is 0 Å². The van der Waals surface area contributed by atoms with Crippen molar-refractivity contribution in [3.05, 3.63) is 30.7 Å². The molecule has 0 aliphatic heterocycles. The molecule has 0 unspecified atom stereocenters. The lowest BCUT2D eigenvalue weighted by molar-refractivity contribution is -0.141. The van der Waals surface area contributed by atoms with E-state index in [1.54, 1.807) is 6.26 Å². The second kappa shape index (κ2) is 6.90. The van der Waals surface area contributed by atoms with E-state index < -0.39 is 0 Å². The minimum Gasteiger partial charge on any atom is -0.469 e. The van der Waals surface area contributed by atoms with Gasteiger partial charge in [0, 0.05) is 12.0 Å². The number of hydrogen-bond acceptors (Lipinski definition) is 5. The molecular formula is C22H27N3O2S. The van der Waals surface area contributed by atoms with Crippen molar-refractivity contribution in [3.8, 4) is 11.4 Å². The predicted octanol–water partition coefficient (Wildman–Crippen LogP) is 4.91. The Bertz CT molecular complexity index is 877. The molecule has 0 atom stereocenters. The topological polar surface area (TPSA) is 60.9 Å². The van der Waals surface area contributed by atoms with Crippen LogP contribution in [0.15, 0.2) is 34.6 Å². The number of aromatic nitrogens is 3. The lowest BCUT2D eigenvalue weighted by atomic mass is 9.48. The molecule has 148 valence electrons. The second-order valence-electron chi connectivity index (χ2n) is 9.01. The Kier molecular flexibility index (Phi) is 4.49. The molecule has 6 rings (SSSR count). The maximum Gasteiger partial charge on any atom is 0.192 e. The van der Waals surface area contributed by atoms with Gasteiger partial charge in [0.2, 0.25) is 0 Å². The van der Waals surface area contributed by atoms with Gasteiger partial charge in [-0.2, -0.15) is 0 Å². The van der Waals surface area contributed by atoms with Crippen molar-refractivity contribution in [2.45, 2.75) is 57.1 Å². The summed E-state index contributed by atoms with van der Waals surface area (Å²) in [5.41, 5.74) is 0.892. The summed E-state index contributed by atoms with van der Waals surface area (Å²) in [6.07, 6.45) is 11.0. The van der Waals surface area contributed by atoms with Crippen LogP contribution < -0.4 is 0 Å². The second-order valence-corrected chi connectivity index (χ2v) is 9.95. The molecule has 4 aliphatic rings. The monoisotopic (exact) mass is 397 g/mol. The van der Waals surface area contributed by atoms with Gasteiger partial charge in [-0.15, -0.1) is 16.8 Å². The maximum absolute atomic E-state index is 13.3. The number of nitrogens with zero attached hydrogens (tertiary/aromatic N) is 3. The molecule has 28 heavy (non-hydrogen) atoms. The van der Waals surface area contributed by atoms with Gasteiger partial charge >= 0.3 is 0 Å². The Hall–Kier alpha value is -1.82. The largest absolute Gasteiger partial charge is 0.469 e. The predicted molar refractivity (Wildman–Crippen MR) is 109 cm³/mol. The molecule has 4 saturated carbocycles. The van der Waals surface area contributed by atoms with E-state index in [1.165, 1.54) is 31.0 Å². The first-order valence-electron chi connectivity index (χ1n) is 10.3. The molecule has 2 aromatic heterocycles. The van der Waals surface area contributed by atoms with Gasteiger partial charge in [0.15, 0.2) is 11.0 Å². The summed E-state index contributed by atoms with van der Waals surface area (Å²) in [4.78, 5) is 13.3. The lowest BCUT2D eigenvalue weighted by Gasteiger charge is -2.56. The van der Waals surface area contributed by atoms with E-state index in [0.717, 1.165) is 59.3 Å². The van der Waals surface area contributed by atoms with Gasteiger partial charge in [0.25, 0.3) is 0 Å². The summed E-state index contributed by atoms with van der Waals surface area (Å²) >= 11 is 1.53. The Balaban J connectivity index is 1.34. The molecule has 4 aliphatic carbocycles. The highest BCUT2D eigenvalue weighted by Crippen LogP contribution is 2.60. The Labute approximate surface area is 170 Å². The van der Waals surface area contributed by atoms with Gasteiger partial charge in [-0.05, 0) is 69.3 Å². The zero-order valence-electron chi connectivity index (χ0n) is 16.4. The van der Waals surface area contributed by atoms with Crippen LogP contribution in [0, 0.1) is 30.1 Å². The van der Waals surface area contributed by atoms with Gasteiger partial charge in [-0.3, -0.25) is 9.36 Å². The molecule has 6 heteroatoms. The third-order valence-corrected chi connectivity index (χ3v) is 8.06. The molecule has 0 amide bonds. The first kappa shape index (κ1) is 18.2. The number of rotatable bonds is 7. The van der Waals surface area contributed by atoms with Crippen LogP contribution in [0.4, 0.5) is 0 Å². The Morgan fingerprint density at radius 2 is 1.96 bits per heavy atom. The van der Waals surface area contributed by atoms with E-state index in [4.69, 9.17) is 4.42 Å². The van der Waals surface area contributed by atoms with Crippen molar-refractivity contribution in [2.75, 3.05) is 5.75 Å². The van der Waals surface area contributed by atoms with E-state index in [9.17, 15) is 4.79 Å². The zero-order valence-corrected chi connectivity index (χ0v) is 17.2. The number of furan rings is 1. The number of ketones is 1. The molecule has 4 bridgehead atoms. The molecule has 0 radical (unpaired) electrons. The summed E-state index contributed by atoms with van der Waals surface area (Å²) in [5, 5.41) is 9.55.